The number of allylic oxidation sites excluding steroid dienone is 1. The van der Waals surface area contributed by atoms with Crippen molar-refractivity contribution in [3.05, 3.63) is 92.3 Å². The van der Waals surface area contributed by atoms with Gasteiger partial charge in [0.1, 0.15) is 23.9 Å². The number of rotatable bonds is 6. The van der Waals surface area contributed by atoms with Gasteiger partial charge in [-0.2, -0.15) is 0 Å². The van der Waals surface area contributed by atoms with Crippen LogP contribution >= 0.6 is 39.1 Å². The Hall–Kier alpha value is -2.01. The van der Waals surface area contributed by atoms with Gasteiger partial charge in [0.2, 0.25) is 0 Å². The summed E-state index contributed by atoms with van der Waals surface area (Å²) in [7, 11) is 0. The van der Waals surface area contributed by atoms with Crippen molar-refractivity contribution in [1.82, 2.24) is 0 Å². The third-order valence-corrected chi connectivity index (χ3v) is 4.51. The molecule has 0 aliphatic carbocycles. The fourth-order valence-electron chi connectivity index (χ4n) is 2.17. The topological polar surface area (TPSA) is 39.4 Å². The van der Waals surface area contributed by atoms with Gasteiger partial charge in [-0.05, 0) is 66.7 Å². The van der Waals surface area contributed by atoms with E-state index in [4.69, 9.17) is 32.4 Å². The van der Waals surface area contributed by atoms with Crippen molar-refractivity contribution in [1.29, 1.82) is 0 Å². The molecule has 0 saturated heterocycles. The largest absolute Gasteiger partial charge is 0.484 e. The first-order valence-electron chi connectivity index (χ1n) is 7.66. The Kier molecular flexibility index (Phi) is 6.20. The number of hydrogen-bond donors (Lipinski definition) is 0. The number of ketones is 1. The van der Waals surface area contributed by atoms with Gasteiger partial charge in [-0.1, -0.05) is 39.1 Å². The molecule has 0 spiro atoms. The molecule has 1 heterocycles. The van der Waals surface area contributed by atoms with Gasteiger partial charge in [-0.3, -0.25) is 4.79 Å². The van der Waals surface area contributed by atoms with Crippen LogP contribution in [0.1, 0.15) is 21.9 Å². The van der Waals surface area contributed by atoms with Crippen molar-refractivity contribution in [3.8, 4) is 5.75 Å². The standard InChI is InChI=1S/C20H13BrCl2O3/c21-14-3-10-20(18(23)11-14)25-12-17-7-6-16(26-17)8-9-19(24)13-1-4-15(22)5-2-13/h1-11H,12H2/b9-8+. The van der Waals surface area contributed by atoms with E-state index in [0.29, 0.717) is 32.9 Å². The Morgan fingerprint density at radius 2 is 1.85 bits per heavy atom. The molecule has 3 rings (SSSR count). The zero-order chi connectivity index (χ0) is 18.5. The molecular formula is C20H13BrCl2O3. The second kappa shape index (κ2) is 8.58. The van der Waals surface area contributed by atoms with E-state index in [-0.39, 0.29) is 12.4 Å². The third-order valence-electron chi connectivity index (χ3n) is 3.47. The number of hydrogen-bond acceptors (Lipinski definition) is 3. The van der Waals surface area contributed by atoms with E-state index in [1.165, 1.54) is 6.08 Å². The van der Waals surface area contributed by atoms with E-state index in [0.717, 1.165) is 4.47 Å². The van der Waals surface area contributed by atoms with Crippen LogP contribution in [0.2, 0.25) is 10.0 Å². The van der Waals surface area contributed by atoms with Gasteiger partial charge in [-0.15, -0.1) is 0 Å². The number of carbonyl (C=O) groups is 1. The summed E-state index contributed by atoms with van der Waals surface area (Å²) in [5, 5.41) is 1.10. The lowest BCUT2D eigenvalue weighted by molar-refractivity contribution is 0.104. The monoisotopic (exact) mass is 450 g/mol. The lowest BCUT2D eigenvalue weighted by Gasteiger charge is -2.06. The molecule has 0 N–H and O–H groups in total. The molecule has 3 aromatic rings. The van der Waals surface area contributed by atoms with E-state index < -0.39 is 0 Å². The van der Waals surface area contributed by atoms with Gasteiger partial charge >= 0.3 is 0 Å². The van der Waals surface area contributed by atoms with Crippen LogP contribution in [0.25, 0.3) is 6.08 Å². The van der Waals surface area contributed by atoms with E-state index in [1.807, 2.05) is 6.07 Å². The van der Waals surface area contributed by atoms with E-state index in [1.54, 1.807) is 54.6 Å². The van der Waals surface area contributed by atoms with Crippen molar-refractivity contribution in [2.45, 2.75) is 6.61 Å². The molecule has 0 unspecified atom stereocenters. The van der Waals surface area contributed by atoms with Crippen LogP contribution in [0.3, 0.4) is 0 Å². The van der Waals surface area contributed by atoms with Crippen molar-refractivity contribution in [2.75, 3.05) is 0 Å². The Balaban J connectivity index is 1.60. The van der Waals surface area contributed by atoms with E-state index >= 15 is 0 Å². The first-order chi connectivity index (χ1) is 12.5. The van der Waals surface area contributed by atoms with Gasteiger partial charge in [0.15, 0.2) is 5.78 Å². The molecule has 0 amide bonds. The number of benzene rings is 2. The maximum Gasteiger partial charge on any atom is 0.185 e. The molecule has 0 aliphatic heterocycles. The normalized spacial score (nSPS) is 11.0. The Labute approximate surface area is 169 Å². The zero-order valence-corrected chi connectivity index (χ0v) is 16.5. The SMILES string of the molecule is O=C(/C=C/c1ccc(COc2ccc(Br)cc2Cl)o1)c1ccc(Cl)cc1. The highest BCUT2D eigenvalue weighted by Gasteiger charge is 2.06. The van der Waals surface area contributed by atoms with Gasteiger partial charge in [0.05, 0.1) is 5.02 Å². The fraction of sp³-hybridized carbons (Fsp3) is 0.0500. The Bertz CT molecular complexity index is 946. The molecule has 0 fully saturated rings. The van der Waals surface area contributed by atoms with E-state index in [2.05, 4.69) is 15.9 Å². The molecule has 0 radical (unpaired) electrons. The van der Waals surface area contributed by atoms with Crippen LogP contribution in [0.4, 0.5) is 0 Å². The molecule has 0 aliphatic rings. The summed E-state index contributed by atoms with van der Waals surface area (Å²) in [6.45, 7) is 0.236. The molecule has 0 saturated carbocycles. The molecule has 1 aromatic heterocycles. The van der Waals surface area contributed by atoms with Gasteiger partial charge in [0, 0.05) is 15.1 Å². The van der Waals surface area contributed by atoms with Crippen molar-refractivity contribution in [2.24, 2.45) is 0 Å². The van der Waals surface area contributed by atoms with Gasteiger partial charge in [-0.25, -0.2) is 0 Å². The first kappa shape index (κ1) is 18.8. The maximum absolute atomic E-state index is 12.1. The van der Waals surface area contributed by atoms with Gasteiger partial charge < -0.3 is 9.15 Å². The third kappa shape index (κ3) is 5.01. The van der Waals surface area contributed by atoms with Crippen LogP contribution in [-0.4, -0.2) is 5.78 Å². The first-order valence-corrected chi connectivity index (χ1v) is 9.21. The number of furan rings is 1. The molecule has 132 valence electrons. The summed E-state index contributed by atoms with van der Waals surface area (Å²) in [6.07, 6.45) is 3.07. The van der Waals surface area contributed by atoms with Crippen LogP contribution in [0, 0.1) is 0 Å². The summed E-state index contributed by atoms with van der Waals surface area (Å²) in [4.78, 5) is 12.1. The van der Waals surface area contributed by atoms with E-state index in [9.17, 15) is 4.79 Å². The highest BCUT2D eigenvalue weighted by atomic mass is 79.9. The second-order valence-corrected chi connectivity index (χ2v) is 7.13. The summed E-state index contributed by atoms with van der Waals surface area (Å²) in [6, 6.07) is 15.7. The smallest absolute Gasteiger partial charge is 0.185 e. The van der Waals surface area contributed by atoms with Gasteiger partial charge in [0.25, 0.3) is 0 Å². The lowest BCUT2D eigenvalue weighted by Crippen LogP contribution is -1.94. The quantitative estimate of drug-likeness (QED) is 0.304. The minimum absolute atomic E-state index is 0.127. The molecule has 3 nitrogen and oxygen atoms in total. The summed E-state index contributed by atoms with van der Waals surface area (Å²) >= 11 is 15.3. The van der Waals surface area contributed by atoms with Crippen molar-refractivity contribution in [3.63, 3.8) is 0 Å². The lowest BCUT2D eigenvalue weighted by atomic mass is 10.1. The fourth-order valence-corrected chi connectivity index (χ4v) is 3.02. The molecule has 0 atom stereocenters. The Morgan fingerprint density at radius 1 is 1.08 bits per heavy atom. The van der Waals surface area contributed by atoms with Crippen molar-refractivity contribution < 1.29 is 13.9 Å². The predicted octanol–water partition coefficient (Wildman–Crippen LogP) is 6.82. The minimum Gasteiger partial charge on any atom is -0.484 e. The number of ether oxygens (including phenoxy) is 1. The molecule has 2 aromatic carbocycles. The highest BCUT2D eigenvalue weighted by Crippen LogP contribution is 2.28. The average molecular weight is 452 g/mol. The maximum atomic E-state index is 12.1. The summed E-state index contributed by atoms with van der Waals surface area (Å²) in [5.74, 6) is 1.63. The highest BCUT2D eigenvalue weighted by molar-refractivity contribution is 9.10. The molecule has 26 heavy (non-hydrogen) atoms. The van der Waals surface area contributed by atoms with Crippen LogP contribution in [-0.2, 0) is 6.61 Å². The zero-order valence-electron chi connectivity index (χ0n) is 13.4. The molecule has 0 bridgehead atoms. The average Bonchev–Trinajstić information content (AvgIpc) is 3.07. The van der Waals surface area contributed by atoms with Crippen LogP contribution in [0.15, 0.2) is 69.6 Å². The Morgan fingerprint density at radius 3 is 2.58 bits per heavy atom. The summed E-state index contributed by atoms with van der Waals surface area (Å²) < 4.78 is 12.2. The second-order valence-electron chi connectivity index (χ2n) is 5.37. The van der Waals surface area contributed by atoms with Crippen LogP contribution in [0.5, 0.6) is 5.75 Å². The minimum atomic E-state index is -0.127. The van der Waals surface area contributed by atoms with Crippen molar-refractivity contribution >= 4 is 51.0 Å². The number of carbonyl (C=O) groups excluding carboxylic acids is 1. The molecule has 6 heteroatoms. The predicted molar refractivity (Wildman–Crippen MR) is 107 cm³/mol. The molecular weight excluding hydrogens is 439 g/mol. The van der Waals surface area contributed by atoms with Crippen LogP contribution < -0.4 is 4.74 Å². The number of halogens is 3. The summed E-state index contributed by atoms with van der Waals surface area (Å²) in [5.41, 5.74) is 0.561.